The number of nitrogens with one attached hydrogen (secondary N) is 1. The quantitative estimate of drug-likeness (QED) is 0.752. The third-order valence-corrected chi connectivity index (χ3v) is 5.00. The summed E-state index contributed by atoms with van der Waals surface area (Å²) in [5, 5.41) is 2.02. The van der Waals surface area contributed by atoms with E-state index in [0.717, 1.165) is 12.2 Å². The van der Waals surface area contributed by atoms with Gasteiger partial charge in [0.1, 0.15) is 6.04 Å². The Morgan fingerprint density at radius 2 is 1.50 bits per heavy atom. The van der Waals surface area contributed by atoms with Crippen LogP contribution in [0.4, 0.5) is 0 Å². The summed E-state index contributed by atoms with van der Waals surface area (Å²) in [4.78, 5) is 34.7. The van der Waals surface area contributed by atoms with Crippen LogP contribution in [0.5, 0.6) is 0 Å². The van der Waals surface area contributed by atoms with E-state index in [2.05, 4.69) is 13.2 Å². The van der Waals surface area contributed by atoms with Gasteiger partial charge >= 0.3 is 0 Å². The molecule has 1 N–H and O–H groups in total. The Labute approximate surface area is 156 Å². The lowest BCUT2D eigenvalue weighted by atomic mass is 10.1. The van der Waals surface area contributed by atoms with E-state index in [1.807, 2.05) is 46.9 Å². The van der Waals surface area contributed by atoms with Crippen molar-refractivity contribution < 1.29 is 22.8 Å². The average molecular weight is 387 g/mol. The largest absolute Gasteiger partial charge is 0.295 e. The van der Waals surface area contributed by atoms with Gasteiger partial charge in [0.2, 0.25) is 5.91 Å². The molecule has 1 atom stereocenters. The van der Waals surface area contributed by atoms with Gasteiger partial charge in [-0.1, -0.05) is 60.8 Å². The fourth-order valence-electron chi connectivity index (χ4n) is 2.20. The summed E-state index contributed by atoms with van der Waals surface area (Å²) < 4.78 is 25.1. The monoisotopic (exact) mass is 386 g/mol. The molecule has 7 nitrogen and oxygen atoms in total. The van der Waals surface area contributed by atoms with Crippen LogP contribution in [0.1, 0.15) is 54.4 Å². The Bertz CT molecular complexity index is 678. The Morgan fingerprint density at radius 3 is 1.85 bits per heavy atom. The predicted molar refractivity (Wildman–Crippen MR) is 103 cm³/mol. The number of imide groups is 1. The van der Waals surface area contributed by atoms with Gasteiger partial charge in [-0.3, -0.25) is 19.7 Å². The highest BCUT2D eigenvalue weighted by atomic mass is 32.2. The molecule has 1 fully saturated rings. The van der Waals surface area contributed by atoms with Gasteiger partial charge in [0.05, 0.1) is 10.5 Å². The van der Waals surface area contributed by atoms with E-state index in [4.69, 9.17) is 0 Å². The molecule has 0 radical (unpaired) electrons. The van der Waals surface area contributed by atoms with Crippen molar-refractivity contribution in [2.24, 2.45) is 0 Å². The van der Waals surface area contributed by atoms with E-state index < -0.39 is 33.8 Å². The second-order valence-electron chi connectivity index (χ2n) is 4.26. The lowest BCUT2D eigenvalue weighted by molar-refractivity contribution is -0.140. The summed E-state index contributed by atoms with van der Waals surface area (Å²) in [6.45, 7) is 18.8. The van der Waals surface area contributed by atoms with Crippen LogP contribution in [0.3, 0.4) is 0 Å². The van der Waals surface area contributed by atoms with E-state index in [1.54, 1.807) is 0 Å². The van der Waals surface area contributed by atoms with Crippen LogP contribution in [0.25, 0.3) is 0 Å². The summed E-state index contributed by atoms with van der Waals surface area (Å²) >= 11 is 0. The molecule has 1 unspecified atom stereocenters. The molecule has 0 bridgehead atoms. The highest BCUT2D eigenvalue weighted by Gasteiger charge is 2.48. The van der Waals surface area contributed by atoms with E-state index in [-0.39, 0.29) is 23.3 Å². The molecule has 0 spiro atoms. The molecule has 2 aliphatic heterocycles. The lowest BCUT2D eigenvalue weighted by Crippen LogP contribution is -2.54. The molecule has 0 aromatic rings. The SMILES string of the molecule is C=CC1=C(C=C)S(=O)(=O)N(C2CCC(=O)NC2=O)C1=O.CC.CC.CC. The van der Waals surface area contributed by atoms with Crippen molar-refractivity contribution in [2.45, 2.75) is 60.4 Å². The number of hydrogen-bond acceptors (Lipinski definition) is 5. The minimum absolute atomic E-state index is 0.0252. The van der Waals surface area contributed by atoms with Crippen LogP contribution in [-0.2, 0) is 24.4 Å². The molecular formula is C18H30N2O5S. The van der Waals surface area contributed by atoms with Gasteiger partial charge in [-0.25, -0.2) is 12.7 Å². The molecular weight excluding hydrogens is 356 g/mol. The maximum Gasteiger partial charge on any atom is 0.269 e. The number of amides is 3. The Morgan fingerprint density at radius 1 is 1.00 bits per heavy atom. The minimum atomic E-state index is -4.14. The zero-order valence-corrected chi connectivity index (χ0v) is 17.3. The summed E-state index contributed by atoms with van der Waals surface area (Å²) in [6, 6.07) is -1.22. The molecule has 3 amide bonds. The van der Waals surface area contributed by atoms with Crippen molar-refractivity contribution >= 4 is 27.7 Å². The number of rotatable bonds is 3. The van der Waals surface area contributed by atoms with Crippen molar-refractivity contribution in [1.82, 2.24) is 9.62 Å². The molecule has 2 aliphatic rings. The topological polar surface area (TPSA) is 101 Å². The second-order valence-corrected chi connectivity index (χ2v) is 6.04. The number of hydrogen-bond donors (Lipinski definition) is 1. The first-order chi connectivity index (χ1) is 12.3. The van der Waals surface area contributed by atoms with Gasteiger partial charge in [0.25, 0.3) is 21.8 Å². The molecule has 1 saturated heterocycles. The third kappa shape index (κ3) is 5.14. The van der Waals surface area contributed by atoms with Crippen molar-refractivity contribution in [3.8, 4) is 0 Å². The molecule has 0 aromatic carbocycles. The van der Waals surface area contributed by atoms with E-state index in [9.17, 15) is 22.8 Å². The zero-order valence-electron chi connectivity index (χ0n) is 16.5. The number of sulfonamides is 1. The molecule has 8 heteroatoms. The van der Waals surface area contributed by atoms with Crippen LogP contribution in [-0.4, -0.2) is 36.5 Å². The number of carbonyl (C=O) groups excluding carboxylic acids is 3. The number of allylic oxidation sites excluding steroid dienone is 1. The van der Waals surface area contributed by atoms with E-state index >= 15 is 0 Å². The van der Waals surface area contributed by atoms with Crippen LogP contribution < -0.4 is 5.32 Å². The van der Waals surface area contributed by atoms with Crippen molar-refractivity contribution in [1.29, 1.82) is 0 Å². The zero-order chi connectivity index (χ0) is 21.1. The molecule has 0 aromatic heterocycles. The highest BCUT2D eigenvalue weighted by Crippen LogP contribution is 2.33. The maximum absolute atomic E-state index is 12.3. The van der Waals surface area contributed by atoms with Gasteiger partial charge in [-0.15, -0.1) is 0 Å². The Kier molecular flexibility index (Phi) is 12.2. The fourth-order valence-corrected chi connectivity index (χ4v) is 3.92. The Balaban J connectivity index is 0. The van der Waals surface area contributed by atoms with E-state index in [0.29, 0.717) is 4.31 Å². The summed E-state index contributed by atoms with van der Waals surface area (Å²) in [5.74, 6) is -2.12. The van der Waals surface area contributed by atoms with Gasteiger partial charge in [0, 0.05) is 6.42 Å². The Hall–Kier alpha value is -2.22. The van der Waals surface area contributed by atoms with E-state index in [1.165, 1.54) is 0 Å². The molecule has 26 heavy (non-hydrogen) atoms. The standard InChI is InChI=1S/C12H12N2O5S.3C2H6/c1-3-7-9(4-2)20(18,19)14(12(7)17)8-5-6-10(15)13-11(8)16;3*1-2/h3-4,8H,1-2,5-6H2,(H,13,15,16);3*1-2H3. The lowest BCUT2D eigenvalue weighted by Gasteiger charge is -2.28. The molecule has 0 aliphatic carbocycles. The van der Waals surface area contributed by atoms with Gasteiger partial charge < -0.3 is 0 Å². The first kappa shape index (κ1) is 26.0. The summed E-state index contributed by atoms with van der Waals surface area (Å²) in [7, 11) is -4.14. The molecule has 148 valence electrons. The summed E-state index contributed by atoms with van der Waals surface area (Å²) in [6.07, 6.45) is 2.09. The second kappa shape index (κ2) is 12.2. The van der Waals surface area contributed by atoms with Crippen LogP contribution >= 0.6 is 0 Å². The average Bonchev–Trinajstić information content (AvgIpc) is 2.85. The normalized spacial score (nSPS) is 20.5. The predicted octanol–water partition coefficient (Wildman–Crippen LogP) is 2.67. The molecule has 2 rings (SSSR count). The minimum Gasteiger partial charge on any atom is -0.295 e. The van der Waals surface area contributed by atoms with Gasteiger partial charge in [-0.05, 0) is 12.5 Å². The molecule has 2 heterocycles. The highest BCUT2D eigenvalue weighted by molar-refractivity contribution is 7.94. The van der Waals surface area contributed by atoms with Gasteiger partial charge in [-0.2, -0.15) is 0 Å². The first-order valence-corrected chi connectivity index (χ1v) is 10.2. The van der Waals surface area contributed by atoms with Crippen LogP contribution in [0.2, 0.25) is 0 Å². The van der Waals surface area contributed by atoms with Crippen molar-refractivity contribution in [3.05, 3.63) is 35.8 Å². The van der Waals surface area contributed by atoms with Gasteiger partial charge in [0.15, 0.2) is 0 Å². The summed E-state index contributed by atoms with van der Waals surface area (Å²) in [5.41, 5.74) is -0.121. The number of nitrogens with zero attached hydrogens (tertiary/aromatic N) is 1. The van der Waals surface area contributed by atoms with Crippen molar-refractivity contribution in [3.63, 3.8) is 0 Å². The number of carbonyl (C=O) groups is 3. The third-order valence-electron chi connectivity index (χ3n) is 3.12. The van der Waals surface area contributed by atoms with Crippen LogP contribution in [0.15, 0.2) is 35.8 Å². The van der Waals surface area contributed by atoms with Crippen LogP contribution in [0, 0.1) is 0 Å². The first-order valence-electron chi connectivity index (χ1n) is 8.76. The smallest absolute Gasteiger partial charge is 0.269 e. The number of piperidine rings is 1. The molecule has 0 saturated carbocycles. The maximum atomic E-state index is 12.3. The van der Waals surface area contributed by atoms with Crippen molar-refractivity contribution in [2.75, 3.05) is 0 Å². The fraction of sp³-hybridized carbons (Fsp3) is 0.500.